The molecule has 166 valence electrons. The molecule has 9 heteroatoms. The second-order valence-electron chi connectivity index (χ2n) is 7.52. The van der Waals surface area contributed by atoms with Gasteiger partial charge in [-0.25, -0.2) is 4.98 Å². The zero-order valence-electron chi connectivity index (χ0n) is 17.8. The van der Waals surface area contributed by atoms with Crippen molar-refractivity contribution in [3.63, 3.8) is 0 Å². The molecule has 2 aromatic rings. The molecule has 1 aromatic carbocycles. The normalized spacial score (nSPS) is 15.5. The Morgan fingerprint density at radius 1 is 1.23 bits per heavy atom. The third-order valence-corrected chi connectivity index (χ3v) is 5.95. The van der Waals surface area contributed by atoms with Crippen LogP contribution in [-0.2, 0) is 19.1 Å². The first-order valence-corrected chi connectivity index (χ1v) is 11.3. The number of thiazole rings is 1. The summed E-state index contributed by atoms with van der Waals surface area (Å²) in [5.74, 6) is -0.820. The van der Waals surface area contributed by atoms with Gasteiger partial charge in [-0.2, -0.15) is 0 Å². The lowest BCUT2D eigenvalue weighted by Crippen LogP contribution is -2.43. The van der Waals surface area contributed by atoms with Gasteiger partial charge in [-0.15, -0.1) is 11.3 Å². The summed E-state index contributed by atoms with van der Waals surface area (Å²) in [5, 5.41) is 7.80. The Balaban J connectivity index is 1.64. The van der Waals surface area contributed by atoms with E-state index in [9.17, 15) is 14.4 Å². The third-order valence-electron chi connectivity index (χ3n) is 5.27. The van der Waals surface area contributed by atoms with Gasteiger partial charge in [0.05, 0.1) is 6.10 Å². The first-order chi connectivity index (χ1) is 14.9. The Labute approximate surface area is 186 Å². The van der Waals surface area contributed by atoms with E-state index in [4.69, 9.17) is 4.74 Å². The number of aromatic nitrogens is 1. The summed E-state index contributed by atoms with van der Waals surface area (Å²) in [6.07, 6.45) is 3.55. The standard InChI is InChI=1S/C22H28N4O4S/c1-15-5-3-7-18(16(15)2)26(14-20(28)24-13-17-6-4-11-30-17)21(29)9-8-19(27)25-22-23-10-12-31-22/h3,5,7,10,12,17H,4,6,8-9,11,13-14H2,1-2H3,(H,24,28)(H,23,25,27). The number of carbonyl (C=O) groups is 3. The second-order valence-corrected chi connectivity index (χ2v) is 8.42. The topological polar surface area (TPSA) is 101 Å². The second kappa shape index (κ2) is 11.0. The van der Waals surface area contributed by atoms with Crippen molar-refractivity contribution in [2.45, 2.75) is 45.6 Å². The van der Waals surface area contributed by atoms with E-state index < -0.39 is 0 Å². The van der Waals surface area contributed by atoms with Gasteiger partial charge in [0.25, 0.3) is 0 Å². The molecule has 0 radical (unpaired) electrons. The molecule has 1 aliphatic rings. The lowest BCUT2D eigenvalue weighted by atomic mass is 10.1. The van der Waals surface area contributed by atoms with Gasteiger partial charge in [0.1, 0.15) is 6.54 Å². The average Bonchev–Trinajstić information content (AvgIpc) is 3.45. The van der Waals surface area contributed by atoms with E-state index in [1.807, 2.05) is 32.0 Å². The number of nitrogens with zero attached hydrogens (tertiary/aromatic N) is 2. The Morgan fingerprint density at radius 2 is 2.06 bits per heavy atom. The van der Waals surface area contributed by atoms with Gasteiger partial charge in [-0.3, -0.25) is 14.4 Å². The molecule has 0 bridgehead atoms. The molecule has 1 aromatic heterocycles. The summed E-state index contributed by atoms with van der Waals surface area (Å²) in [7, 11) is 0. The van der Waals surface area contributed by atoms with Crippen LogP contribution in [0.25, 0.3) is 0 Å². The van der Waals surface area contributed by atoms with Crippen molar-refractivity contribution in [3.8, 4) is 0 Å². The van der Waals surface area contributed by atoms with Gasteiger partial charge in [-0.05, 0) is 43.9 Å². The number of nitrogens with one attached hydrogen (secondary N) is 2. The SMILES string of the molecule is Cc1cccc(N(CC(=O)NCC2CCCO2)C(=O)CCC(=O)Nc2nccs2)c1C. The largest absolute Gasteiger partial charge is 0.376 e. The van der Waals surface area contributed by atoms with Crippen molar-refractivity contribution < 1.29 is 19.1 Å². The number of hydrogen-bond donors (Lipinski definition) is 2. The Morgan fingerprint density at radius 3 is 2.77 bits per heavy atom. The molecule has 1 saturated heterocycles. The van der Waals surface area contributed by atoms with Crippen LogP contribution in [0.1, 0.15) is 36.8 Å². The van der Waals surface area contributed by atoms with Crippen molar-refractivity contribution >= 4 is 39.9 Å². The lowest BCUT2D eigenvalue weighted by Gasteiger charge is -2.25. The highest BCUT2D eigenvalue weighted by atomic mass is 32.1. The van der Waals surface area contributed by atoms with Crippen LogP contribution >= 0.6 is 11.3 Å². The maximum absolute atomic E-state index is 13.0. The van der Waals surface area contributed by atoms with E-state index in [1.165, 1.54) is 16.2 Å². The first kappa shape index (κ1) is 22.9. The molecule has 3 rings (SSSR count). The smallest absolute Gasteiger partial charge is 0.240 e. The summed E-state index contributed by atoms with van der Waals surface area (Å²) < 4.78 is 5.54. The quantitative estimate of drug-likeness (QED) is 0.619. The molecular weight excluding hydrogens is 416 g/mol. The molecule has 2 heterocycles. The van der Waals surface area contributed by atoms with Crippen LogP contribution in [0.4, 0.5) is 10.8 Å². The summed E-state index contributed by atoms with van der Waals surface area (Å²) >= 11 is 1.31. The summed E-state index contributed by atoms with van der Waals surface area (Å²) in [5.41, 5.74) is 2.63. The molecule has 1 unspecified atom stereocenters. The van der Waals surface area contributed by atoms with Crippen LogP contribution in [0.2, 0.25) is 0 Å². The molecular formula is C22H28N4O4S. The first-order valence-electron chi connectivity index (χ1n) is 10.4. The summed E-state index contributed by atoms with van der Waals surface area (Å²) in [6, 6.07) is 5.64. The van der Waals surface area contributed by atoms with Gasteiger partial charge >= 0.3 is 0 Å². The zero-order valence-corrected chi connectivity index (χ0v) is 18.7. The highest BCUT2D eigenvalue weighted by Crippen LogP contribution is 2.24. The fraction of sp³-hybridized carbons (Fsp3) is 0.455. The van der Waals surface area contributed by atoms with Crippen LogP contribution in [0.3, 0.4) is 0 Å². The van der Waals surface area contributed by atoms with Gasteiger partial charge in [0.15, 0.2) is 5.13 Å². The van der Waals surface area contributed by atoms with E-state index in [0.717, 1.165) is 30.6 Å². The maximum atomic E-state index is 13.0. The van der Waals surface area contributed by atoms with Crippen molar-refractivity contribution in [2.75, 3.05) is 29.9 Å². The Hall–Kier alpha value is -2.78. The van der Waals surface area contributed by atoms with Crippen LogP contribution in [0, 0.1) is 13.8 Å². The number of amides is 3. The summed E-state index contributed by atoms with van der Waals surface area (Å²) in [4.78, 5) is 43.3. The van der Waals surface area contributed by atoms with Gasteiger partial charge < -0.3 is 20.3 Å². The van der Waals surface area contributed by atoms with E-state index >= 15 is 0 Å². The third kappa shape index (κ3) is 6.60. The number of ether oxygens (including phenoxy) is 1. The minimum absolute atomic E-state index is 0.0103. The van der Waals surface area contributed by atoms with Crippen LogP contribution in [-0.4, -0.2) is 48.5 Å². The molecule has 0 aliphatic carbocycles. The lowest BCUT2D eigenvalue weighted by molar-refractivity contribution is -0.125. The number of anilines is 2. The fourth-order valence-electron chi connectivity index (χ4n) is 3.39. The number of benzene rings is 1. The number of hydrogen-bond acceptors (Lipinski definition) is 6. The highest BCUT2D eigenvalue weighted by molar-refractivity contribution is 7.13. The Bertz CT molecular complexity index is 910. The minimum Gasteiger partial charge on any atom is -0.376 e. The van der Waals surface area contributed by atoms with E-state index in [0.29, 0.717) is 17.4 Å². The van der Waals surface area contributed by atoms with Gasteiger partial charge in [0.2, 0.25) is 17.7 Å². The van der Waals surface area contributed by atoms with Crippen molar-refractivity contribution in [2.24, 2.45) is 0 Å². The summed E-state index contributed by atoms with van der Waals surface area (Å²) in [6.45, 7) is 4.93. The molecule has 1 atom stereocenters. The van der Waals surface area contributed by atoms with E-state index in [2.05, 4.69) is 15.6 Å². The molecule has 1 aliphatic heterocycles. The molecule has 8 nitrogen and oxygen atoms in total. The number of rotatable bonds is 9. The molecule has 3 amide bonds. The molecule has 0 spiro atoms. The van der Waals surface area contributed by atoms with E-state index in [-0.39, 0.29) is 43.2 Å². The molecule has 2 N–H and O–H groups in total. The predicted octanol–water partition coefficient (Wildman–Crippen LogP) is 2.81. The zero-order chi connectivity index (χ0) is 22.2. The minimum atomic E-state index is -0.285. The monoisotopic (exact) mass is 444 g/mol. The van der Waals surface area contributed by atoms with Crippen LogP contribution in [0.5, 0.6) is 0 Å². The van der Waals surface area contributed by atoms with E-state index in [1.54, 1.807) is 11.6 Å². The predicted molar refractivity (Wildman–Crippen MR) is 120 cm³/mol. The van der Waals surface area contributed by atoms with Crippen molar-refractivity contribution in [1.29, 1.82) is 0 Å². The van der Waals surface area contributed by atoms with Gasteiger partial charge in [-0.1, -0.05) is 12.1 Å². The number of aryl methyl sites for hydroxylation is 1. The average molecular weight is 445 g/mol. The number of carbonyl (C=O) groups excluding carboxylic acids is 3. The fourth-order valence-corrected chi connectivity index (χ4v) is 3.94. The Kier molecular flexibility index (Phi) is 8.13. The maximum Gasteiger partial charge on any atom is 0.240 e. The molecule has 31 heavy (non-hydrogen) atoms. The van der Waals surface area contributed by atoms with Crippen LogP contribution < -0.4 is 15.5 Å². The van der Waals surface area contributed by atoms with Crippen LogP contribution in [0.15, 0.2) is 29.8 Å². The molecule has 1 fully saturated rings. The van der Waals surface area contributed by atoms with Crippen molar-refractivity contribution in [1.82, 2.24) is 10.3 Å². The highest BCUT2D eigenvalue weighted by Gasteiger charge is 2.23. The van der Waals surface area contributed by atoms with Gasteiger partial charge in [0, 0.05) is 43.3 Å². The van der Waals surface area contributed by atoms with Crippen molar-refractivity contribution in [3.05, 3.63) is 40.9 Å². The molecule has 0 saturated carbocycles.